The number of pyridine rings is 1. The molecule has 0 spiro atoms. The van der Waals surface area contributed by atoms with Gasteiger partial charge < -0.3 is 19.7 Å². The number of rotatable bonds is 6. The van der Waals surface area contributed by atoms with Crippen LogP contribution in [0.15, 0.2) is 6.20 Å². The van der Waals surface area contributed by atoms with Crippen LogP contribution in [-0.2, 0) is 16.1 Å². The van der Waals surface area contributed by atoms with Crippen LogP contribution in [0.5, 0.6) is 5.75 Å². The van der Waals surface area contributed by atoms with E-state index in [4.69, 9.17) is 4.74 Å². The van der Waals surface area contributed by atoms with Gasteiger partial charge in [0.05, 0.1) is 26.5 Å². The van der Waals surface area contributed by atoms with Gasteiger partial charge in [0.25, 0.3) is 0 Å². The van der Waals surface area contributed by atoms with Crippen LogP contribution in [0.25, 0.3) is 0 Å². The maximum absolute atomic E-state index is 12.7. The fourth-order valence-electron chi connectivity index (χ4n) is 2.47. The zero-order valence-electron chi connectivity index (χ0n) is 15.5. The van der Waals surface area contributed by atoms with Gasteiger partial charge in [0.15, 0.2) is 0 Å². The van der Waals surface area contributed by atoms with Crippen LogP contribution >= 0.6 is 0 Å². The van der Waals surface area contributed by atoms with Crippen LogP contribution in [0.1, 0.15) is 30.7 Å². The van der Waals surface area contributed by atoms with Crippen molar-refractivity contribution in [2.75, 3.05) is 21.3 Å². The minimum absolute atomic E-state index is 0.0688. The minimum Gasteiger partial charge on any atom is -0.496 e. The van der Waals surface area contributed by atoms with E-state index in [1.165, 1.54) is 7.11 Å². The quantitative estimate of drug-likeness (QED) is 0.859. The molecule has 0 fully saturated rings. The van der Waals surface area contributed by atoms with Gasteiger partial charge in [0.1, 0.15) is 11.8 Å². The third-order valence-corrected chi connectivity index (χ3v) is 3.90. The molecule has 2 amide bonds. The Kier molecular flexibility index (Phi) is 7.00. The van der Waals surface area contributed by atoms with Crippen molar-refractivity contribution in [2.45, 2.75) is 40.3 Å². The summed E-state index contributed by atoms with van der Waals surface area (Å²) in [5.41, 5.74) is 2.60. The Morgan fingerprint density at radius 2 is 1.92 bits per heavy atom. The van der Waals surface area contributed by atoms with Gasteiger partial charge in [-0.2, -0.15) is 0 Å². The molecule has 0 radical (unpaired) electrons. The Hall–Kier alpha value is -2.31. The fraction of sp³-hybridized carbons (Fsp3) is 0.588. The van der Waals surface area contributed by atoms with Gasteiger partial charge in [0, 0.05) is 24.4 Å². The molecule has 7 nitrogen and oxygen atoms in total. The molecule has 1 aromatic heterocycles. The summed E-state index contributed by atoms with van der Waals surface area (Å²) in [6, 6.07) is -0.657. The molecular weight excluding hydrogens is 310 g/mol. The van der Waals surface area contributed by atoms with Gasteiger partial charge in [-0.05, 0) is 19.8 Å². The molecule has 0 saturated carbocycles. The van der Waals surface area contributed by atoms with Crippen LogP contribution in [0.3, 0.4) is 0 Å². The van der Waals surface area contributed by atoms with Crippen molar-refractivity contribution < 1.29 is 19.1 Å². The summed E-state index contributed by atoms with van der Waals surface area (Å²) in [5, 5.41) is 2.58. The predicted octanol–water partition coefficient (Wildman–Crippen LogP) is 2.05. The number of likely N-dealkylation sites (N-methyl/N-ethyl adjacent to an activating group) is 1. The summed E-state index contributed by atoms with van der Waals surface area (Å²) in [5.74, 6) is 0.505. The number of aromatic nitrogens is 1. The number of nitrogens with one attached hydrogen (secondary N) is 1. The first-order valence-electron chi connectivity index (χ1n) is 7.81. The number of alkyl carbamates (subject to hydrolysis) is 1. The summed E-state index contributed by atoms with van der Waals surface area (Å²) >= 11 is 0. The Morgan fingerprint density at radius 1 is 1.29 bits per heavy atom. The Bertz CT molecular complexity index is 602. The molecular formula is C17H27N3O4. The maximum Gasteiger partial charge on any atom is 0.407 e. The van der Waals surface area contributed by atoms with Gasteiger partial charge in [-0.15, -0.1) is 0 Å². The van der Waals surface area contributed by atoms with E-state index < -0.39 is 12.1 Å². The topological polar surface area (TPSA) is 80.8 Å². The predicted molar refractivity (Wildman–Crippen MR) is 90.9 cm³/mol. The molecule has 0 aliphatic carbocycles. The van der Waals surface area contributed by atoms with E-state index in [9.17, 15) is 9.59 Å². The maximum atomic E-state index is 12.7. The molecule has 134 valence electrons. The van der Waals surface area contributed by atoms with Gasteiger partial charge in [-0.3, -0.25) is 9.78 Å². The van der Waals surface area contributed by atoms with Crippen LogP contribution < -0.4 is 10.1 Å². The normalized spacial score (nSPS) is 11.8. The zero-order valence-corrected chi connectivity index (χ0v) is 15.5. The fourth-order valence-corrected chi connectivity index (χ4v) is 2.47. The van der Waals surface area contributed by atoms with E-state index in [1.807, 2.05) is 27.7 Å². The highest BCUT2D eigenvalue weighted by Crippen LogP contribution is 2.24. The van der Waals surface area contributed by atoms with Crippen molar-refractivity contribution in [1.29, 1.82) is 0 Å². The largest absolute Gasteiger partial charge is 0.496 e. The molecule has 1 aromatic rings. The molecule has 1 N–H and O–H groups in total. The lowest BCUT2D eigenvalue weighted by Crippen LogP contribution is -2.50. The number of hydrogen-bond acceptors (Lipinski definition) is 5. The molecule has 7 heteroatoms. The Morgan fingerprint density at radius 3 is 2.42 bits per heavy atom. The molecule has 0 aliphatic rings. The highest BCUT2D eigenvalue weighted by molar-refractivity contribution is 5.85. The standard InChI is InChI=1S/C17H27N3O4/c1-10(2)14(19-17(22)24-7)16(21)20(5)9-13-12(4)15(23-6)11(3)8-18-13/h8,10,14H,9H2,1-7H3,(H,19,22)/t14-/m1/s1. The molecule has 0 unspecified atom stereocenters. The average molecular weight is 337 g/mol. The number of ether oxygens (including phenoxy) is 2. The second-order valence-corrected chi connectivity index (χ2v) is 6.10. The first-order chi connectivity index (χ1) is 11.2. The SMILES string of the molecule is COC(=O)N[C@@H](C(=O)N(C)Cc1ncc(C)c(OC)c1C)C(C)C. The summed E-state index contributed by atoms with van der Waals surface area (Å²) in [7, 11) is 4.57. The smallest absolute Gasteiger partial charge is 0.407 e. The number of hydrogen-bond donors (Lipinski definition) is 1. The van der Waals surface area contributed by atoms with E-state index in [0.29, 0.717) is 6.54 Å². The van der Waals surface area contributed by atoms with E-state index in [2.05, 4.69) is 15.0 Å². The van der Waals surface area contributed by atoms with Crippen LogP contribution in [-0.4, -0.2) is 49.2 Å². The van der Waals surface area contributed by atoms with Gasteiger partial charge in [-0.25, -0.2) is 4.79 Å². The average Bonchev–Trinajstić information content (AvgIpc) is 2.54. The number of carbonyl (C=O) groups excluding carboxylic acids is 2. The summed E-state index contributed by atoms with van der Waals surface area (Å²) in [6.07, 6.45) is 1.10. The van der Waals surface area contributed by atoms with Crippen LogP contribution in [0, 0.1) is 19.8 Å². The monoisotopic (exact) mass is 337 g/mol. The number of aryl methyl sites for hydroxylation is 1. The van der Waals surface area contributed by atoms with E-state index in [-0.39, 0.29) is 11.8 Å². The van der Waals surface area contributed by atoms with Crippen molar-refractivity contribution in [1.82, 2.24) is 15.2 Å². The number of methoxy groups -OCH3 is 2. The minimum atomic E-state index is -0.657. The highest BCUT2D eigenvalue weighted by Gasteiger charge is 2.28. The number of amides is 2. The van der Waals surface area contributed by atoms with E-state index in [0.717, 1.165) is 22.6 Å². The second kappa shape index (κ2) is 8.52. The van der Waals surface area contributed by atoms with Crippen molar-refractivity contribution in [3.05, 3.63) is 23.0 Å². The molecule has 1 atom stereocenters. The van der Waals surface area contributed by atoms with E-state index >= 15 is 0 Å². The lowest BCUT2D eigenvalue weighted by molar-refractivity contribution is -0.133. The van der Waals surface area contributed by atoms with Gasteiger partial charge >= 0.3 is 6.09 Å². The zero-order chi connectivity index (χ0) is 18.4. The lowest BCUT2D eigenvalue weighted by Gasteiger charge is -2.27. The van der Waals surface area contributed by atoms with Crippen LogP contribution in [0.2, 0.25) is 0 Å². The summed E-state index contributed by atoms with van der Waals surface area (Å²) in [6.45, 7) is 7.90. The third kappa shape index (κ3) is 4.59. The van der Waals surface area contributed by atoms with Crippen molar-refractivity contribution >= 4 is 12.0 Å². The molecule has 0 aromatic carbocycles. The van der Waals surface area contributed by atoms with Crippen molar-refractivity contribution in [3.8, 4) is 5.75 Å². The summed E-state index contributed by atoms with van der Waals surface area (Å²) < 4.78 is 9.99. The third-order valence-electron chi connectivity index (χ3n) is 3.90. The highest BCUT2D eigenvalue weighted by atomic mass is 16.5. The molecule has 0 aliphatic heterocycles. The van der Waals surface area contributed by atoms with Gasteiger partial charge in [0.2, 0.25) is 5.91 Å². The molecule has 24 heavy (non-hydrogen) atoms. The molecule has 1 heterocycles. The summed E-state index contributed by atoms with van der Waals surface area (Å²) in [4.78, 5) is 30.1. The lowest BCUT2D eigenvalue weighted by atomic mass is 10.0. The first-order valence-corrected chi connectivity index (χ1v) is 7.81. The van der Waals surface area contributed by atoms with Crippen LogP contribution in [0.4, 0.5) is 4.79 Å². The first kappa shape index (κ1) is 19.7. The molecule has 0 bridgehead atoms. The second-order valence-electron chi connectivity index (χ2n) is 6.10. The molecule has 1 rings (SSSR count). The Balaban J connectivity index is 2.95. The van der Waals surface area contributed by atoms with E-state index in [1.54, 1.807) is 25.3 Å². The van der Waals surface area contributed by atoms with Crippen molar-refractivity contribution in [3.63, 3.8) is 0 Å². The van der Waals surface area contributed by atoms with Crippen molar-refractivity contribution in [2.24, 2.45) is 5.92 Å². The molecule has 0 saturated heterocycles. The Labute approximate surface area is 143 Å². The van der Waals surface area contributed by atoms with Gasteiger partial charge in [-0.1, -0.05) is 13.8 Å². The number of nitrogens with zero attached hydrogens (tertiary/aromatic N) is 2. The number of carbonyl (C=O) groups is 2.